The minimum Gasteiger partial charge on any atom is -0.497 e. The van der Waals surface area contributed by atoms with E-state index in [9.17, 15) is 28.4 Å². The first-order valence-electron chi connectivity index (χ1n) is 14.8. The third kappa shape index (κ3) is 6.73. The second kappa shape index (κ2) is 14.0. The zero-order valence-corrected chi connectivity index (χ0v) is 24.5. The zero-order valence-electron chi connectivity index (χ0n) is 24.5. The van der Waals surface area contributed by atoms with Crippen LogP contribution in [0.5, 0.6) is 5.75 Å². The molecule has 3 aliphatic rings. The quantitative estimate of drug-likeness (QED) is 0.243. The summed E-state index contributed by atoms with van der Waals surface area (Å²) in [6.07, 6.45) is 3.14. The van der Waals surface area contributed by atoms with Crippen LogP contribution in [0, 0.1) is 5.82 Å². The predicted molar refractivity (Wildman–Crippen MR) is 157 cm³/mol. The van der Waals surface area contributed by atoms with E-state index in [1.807, 2.05) is 0 Å². The van der Waals surface area contributed by atoms with Gasteiger partial charge in [-0.2, -0.15) is 0 Å². The molecule has 0 aliphatic carbocycles. The average Bonchev–Trinajstić information content (AvgIpc) is 3.28. The summed E-state index contributed by atoms with van der Waals surface area (Å²) in [6.45, 7) is 3.08. The Hall–Kier alpha value is -4.36. The summed E-state index contributed by atoms with van der Waals surface area (Å²) in [5, 5.41) is 8.22. The fourth-order valence-electron chi connectivity index (χ4n) is 5.90. The van der Waals surface area contributed by atoms with Crippen LogP contribution >= 0.6 is 0 Å². The van der Waals surface area contributed by atoms with Crippen molar-refractivity contribution < 1.29 is 37.8 Å². The van der Waals surface area contributed by atoms with Gasteiger partial charge in [-0.15, -0.1) is 0 Å². The van der Waals surface area contributed by atoms with Gasteiger partial charge in [0.15, 0.2) is 0 Å². The van der Waals surface area contributed by atoms with E-state index >= 15 is 0 Å². The second-order valence-electron chi connectivity index (χ2n) is 11.0. The summed E-state index contributed by atoms with van der Waals surface area (Å²) in [7, 11) is 1.46. The van der Waals surface area contributed by atoms with E-state index in [1.54, 1.807) is 18.2 Å². The van der Waals surface area contributed by atoms with Gasteiger partial charge in [-0.1, -0.05) is 12.5 Å². The molecule has 234 valence electrons. The maximum atomic E-state index is 14.2. The third-order valence-corrected chi connectivity index (χ3v) is 8.22. The predicted octanol–water partition coefficient (Wildman–Crippen LogP) is 1.95. The number of carbonyl (C=O) groups is 5. The van der Waals surface area contributed by atoms with Crippen LogP contribution in [0.25, 0.3) is 0 Å². The van der Waals surface area contributed by atoms with E-state index in [0.29, 0.717) is 44.3 Å². The van der Waals surface area contributed by atoms with Gasteiger partial charge in [0.2, 0.25) is 11.8 Å². The van der Waals surface area contributed by atoms with Gasteiger partial charge in [-0.25, -0.2) is 4.39 Å². The summed E-state index contributed by atoms with van der Waals surface area (Å²) in [4.78, 5) is 65.9. The summed E-state index contributed by atoms with van der Waals surface area (Å²) >= 11 is 0. The molecule has 3 aliphatic heterocycles. The smallest absolute Gasteiger partial charge is 0.264 e. The summed E-state index contributed by atoms with van der Waals surface area (Å²) < 4.78 is 25.1. The standard InChI is InChI=1S/C31H36FN5O7/c1-43-20-8-9-23(32)22(17-20)28(39)34-18-19-5-2-3-13-36(19)14-16-44-15-12-33-24-7-4-6-21-27(24)31(42)37(30(21)41)25-10-11-26(38)35-29(25)40/h4,6-9,17,19,25,33H,2-3,5,10-16,18H2,1H3,(H,34,39)(H,35,38,40). The molecule has 3 heterocycles. The van der Waals surface area contributed by atoms with Crippen LogP contribution in [0.1, 0.15) is 63.2 Å². The molecule has 2 saturated heterocycles. The first kappa shape index (κ1) is 31.1. The molecule has 3 N–H and O–H groups in total. The molecule has 12 nitrogen and oxygen atoms in total. The Morgan fingerprint density at radius 2 is 1.91 bits per heavy atom. The lowest BCUT2D eigenvalue weighted by atomic mass is 10.0. The van der Waals surface area contributed by atoms with Crippen LogP contribution in [0.3, 0.4) is 0 Å². The number of fused-ring (bicyclic) bond motifs is 1. The molecule has 44 heavy (non-hydrogen) atoms. The number of ether oxygens (including phenoxy) is 2. The molecule has 2 atom stereocenters. The molecule has 2 aromatic rings. The van der Waals surface area contributed by atoms with Gasteiger partial charge in [0, 0.05) is 37.8 Å². The van der Waals surface area contributed by atoms with Crippen molar-refractivity contribution in [2.45, 2.75) is 44.2 Å². The van der Waals surface area contributed by atoms with Crippen molar-refractivity contribution >= 4 is 35.2 Å². The Morgan fingerprint density at radius 1 is 1.07 bits per heavy atom. The van der Waals surface area contributed by atoms with Crippen LogP contribution in [0.2, 0.25) is 0 Å². The largest absolute Gasteiger partial charge is 0.497 e. The molecule has 2 fully saturated rings. The van der Waals surface area contributed by atoms with Crippen molar-refractivity contribution in [2.24, 2.45) is 0 Å². The van der Waals surface area contributed by atoms with Gasteiger partial charge in [0.25, 0.3) is 17.7 Å². The lowest BCUT2D eigenvalue weighted by molar-refractivity contribution is -0.136. The van der Waals surface area contributed by atoms with Gasteiger partial charge in [-0.05, 0) is 56.1 Å². The number of hydrogen-bond acceptors (Lipinski definition) is 9. The van der Waals surface area contributed by atoms with E-state index in [-0.39, 0.29) is 35.6 Å². The van der Waals surface area contributed by atoms with Gasteiger partial charge in [0.05, 0.1) is 37.0 Å². The number of hydrogen-bond donors (Lipinski definition) is 3. The number of rotatable bonds is 12. The first-order chi connectivity index (χ1) is 21.3. The van der Waals surface area contributed by atoms with Crippen LogP contribution < -0.4 is 20.7 Å². The molecule has 0 saturated carbocycles. The molecule has 0 radical (unpaired) electrons. The second-order valence-corrected chi connectivity index (χ2v) is 11.0. The Bertz CT molecular complexity index is 1450. The normalized spacial score (nSPS) is 20.4. The van der Waals surface area contributed by atoms with Crippen molar-refractivity contribution in [3.8, 4) is 5.75 Å². The third-order valence-electron chi connectivity index (χ3n) is 8.22. The monoisotopic (exact) mass is 609 g/mol. The lowest BCUT2D eigenvalue weighted by Gasteiger charge is -2.35. The first-order valence-corrected chi connectivity index (χ1v) is 14.8. The number of benzene rings is 2. The van der Waals surface area contributed by atoms with Crippen LogP contribution in [0.15, 0.2) is 36.4 Å². The maximum Gasteiger partial charge on any atom is 0.264 e. The van der Waals surface area contributed by atoms with Crippen LogP contribution in [-0.4, -0.2) is 97.9 Å². The maximum absolute atomic E-state index is 14.2. The molecule has 0 bridgehead atoms. The lowest BCUT2D eigenvalue weighted by Crippen LogP contribution is -2.54. The van der Waals surface area contributed by atoms with Crippen LogP contribution in [-0.2, 0) is 14.3 Å². The summed E-state index contributed by atoms with van der Waals surface area (Å²) in [6, 6.07) is 8.06. The highest BCUT2D eigenvalue weighted by atomic mass is 19.1. The van der Waals surface area contributed by atoms with E-state index in [2.05, 4.69) is 20.9 Å². The van der Waals surface area contributed by atoms with Crippen molar-refractivity contribution in [1.82, 2.24) is 20.4 Å². The number of methoxy groups -OCH3 is 1. The molecule has 5 amide bonds. The van der Waals surface area contributed by atoms with Crippen molar-refractivity contribution in [1.29, 1.82) is 0 Å². The number of imide groups is 2. The van der Waals surface area contributed by atoms with E-state index in [4.69, 9.17) is 9.47 Å². The molecule has 0 aromatic heterocycles. The topological polar surface area (TPSA) is 146 Å². The van der Waals surface area contributed by atoms with Crippen molar-refractivity contribution in [3.05, 3.63) is 58.9 Å². The number of carbonyl (C=O) groups excluding carboxylic acids is 5. The number of halogens is 1. The molecular formula is C31H36FN5O7. The van der Waals surface area contributed by atoms with Gasteiger partial charge < -0.3 is 20.1 Å². The number of anilines is 1. The molecular weight excluding hydrogens is 573 g/mol. The summed E-state index contributed by atoms with van der Waals surface area (Å²) in [5.74, 6) is -2.87. The number of nitrogens with one attached hydrogen (secondary N) is 3. The Balaban J connectivity index is 1.08. The number of piperidine rings is 2. The fourth-order valence-corrected chi connectivity index (χ4v) is 5.90. The molecule has 2 aromatic carbocycles. The molecule has 5 rings (SSSR count). The molecule has 0 spiro atoms. The minimum atomic E-state index is -1.02. The van der Waals surface area contributed by atoms with Gasteiger partial charge in [-0.3, -0.25) is 39.1 Å². The molecule has 2 unspecified atom stereocenters. The Labute approximate surface area is 254 Å². The number of amides is 5. The van der Waals surface area contributed by atoms with Crippen molar-refractivity contribution in [3.63, 3.8) is 0 Å². The number of likely N-dealkylation sites (tertiary alicyclic amines) is 1. The number of nitrogens with zero attached hydrogens (tertiary/aromatic N) is 2. The highest BCUT2D eigenvalue weighted by Crippen LogP contribution is 2.32. The van der Waals surface area contributed by atoms with Gasteiger partial charge >= 0.3 is 0 Å². The Morgan fingerprint density at radius 3 is 2.70 bits per heavy atom. The van der Waals surface area contributed by atoms with E-state index in [1.165, 1.54) is 25.3 Å². The zero-order chi connectivity index (χ0) is 31.2. The highest BCUT2D eigenvalue weighted by molar-refractivity contribution is 6.25. The highest BCUT2D eigenvalue weighted by Gasteiger charge is 2.45. The molecule has 13 heteroatoms. The van der Waals surface area contributed by atoms with Gasteiger partial charge in [0.1, 0.15) is 17.6 Å². The van der Waals surface area contributed by atoms with E-state index in [0.717, 1.165) is 30.7 Å². The van der Waals surface area contributed by atoms with E-state index < -0.39 is 41.4 Å². The Kier molecular flexibility index (Phi) is 9.85. The minimum absolute atomic E-state index is 0.0543. The SMILES string of the molecule is COc1ccc(F)c(C(=O)NCC2CCCCN2CCOCCNc2cccc3c2C(=O)N(C2CCC(=O)NC2=O)C3=O)c1. The fraction of sp³-hybridized carbons (Fsp3) is 0.452. The average molecular weight is 610 g/mol. The summed E-state index contributed by atoms with van der Waals surface area (Å²) in [5.41, 5.74) is 0.831. The van der Waals surface area contributed by atoms with Crippen LogP contribution in [0.4, 0.5) is 10.1 Å². The van der Waals surface area contributed by atoms with Crippen molar-refractivity contribution in [2.75, 3.05) is 51.8 Å².